The second kappa shape index (κ2) is 4.92. The van der Waals surface area contributed by atoms with Crippen LogP contribution in [0.3, 0.4) is 0 Å². The Hall–Kier alpha value is -1.44. The summed E-state index contributed by atoms with van der Waals surface area (Å²) >= 11 is 0. The van der Waals surface area contributed by atoms with Gasteiger partial charge in [-0.1, -0.05) is 6.07 Å². The number of carbonyl (C=O) groups is 1. The van der Waals surface area contributed by atoms with Crippen LogP contribution in [0.1, 0.15) is 22.3 Å². The average molecular weight is 283 g/mol. The lowest BCUT2D eigenvalue weighted by molar-refractivity contribution is 0.0999. The van der Waals surface area contributed by atoms with E-state index < -0.39 is 15.9 Å². The molecule has 1 aromatic carbocycles. The number of rotatable bonds is 3. The molecule has 19 heavy (non-hydrogen) atoms. The first-order valence-corrected chi connectivity index (χ1v) is 7.42. The first-order valence-electron chi connectivity index (χ1n) is 5.98. The third kappa shape index (κ3) is 2.63. The number of carbonyl (C=O) groups excluding carboxylic acids is 1. The quantitative estimate of drug-likeness (QED) is 0.802. The summed E-state index contributed by atoms with van der Waals surface area (Å²) in [6.07, 6.45) is 0.647. The van der Waals surface area contributed by atoms with Gasteiger partial charge in [0, 0.05) is 24.7 Å². The molecule has 4 N–H and O–H groups in total. The monoisotopic (exact) mass is 283 g/mol. The van der Waals surface area contributed by atoms with E-state index in [0.29, 0.717) is 25.1 Å². The Kier molecular flexibility index (Phi) is 3.62. The van der Waals surface area contributed by atoms with Crippen LogP contribution in [0.25, 0.3) is 0 Å². The van der Waals surface area contributed by atoms with Gasteiger partial charge in [-0.05, 0) is 31.0 Å². The molecule has 1 amide bonds. The van der Waals surface area contributed by atoms with Gasteiger partial charge in [0.2, 0.25) is 15.9 Å². The fraction of sp³-hybridized carbons (Fsp3) is 0.417. The molecule has 0 bridgehead atoms. The van der Waals surface area contributed by atoms with Crippen molar-refractivity contribution >= 4 is 15.9 Å². The number of nitrogens with two attached hydrogens (primary N) is 2. The molecule has 1 atom stereocenters. The van der Waals surface area contributed by atoms with Crippen molar-refractivity contribution in [2.75, 3.05) is 13.1 Å². The molecular weight excluding hydrogens is 266 g/mol. The molecule has 7 heteroatoms. The third-order valence-electron chi connectivity index (χ3n) is 3.30. The molecule has 1 heterocycles. The van der Waals surface area contributed by atoms with Crippen LogP contribution in [0.4, 0.5) is 0 Å². The van der Waals surface area contributed by atoms with Crippen molar-refractivity contribution < 1.29 is 13.2 Å². The van der Waals surface area contributed by atoms with Gasteiger partial charge in [-0.25, -0.2) is 8.42 Å². The summed E-state index contributed by atoms with van der Waals surface area (Å²) in [6, 6.07) is 4.27. The highest BCUT2D eigenvalue weighted by Crippen LogP contribution is 2.22. The molecule has 1 aromatic rings. The van der Waals surface area contributed by atoms with Crippen molar-refractivity contribution in [1.82, 2.24) is 4.31 Å². The highest BCUT2D eigenvalue weighted by atomic mass is 32.2. The molecule has 1 unspecified atom stereocenters. The second-order valence-electron chi connectivity index (χ2n) is 4.75. The van der Waals surface area contributed by atoms with E-state index in [0.717, 1.165) is 0 Å². The molecule has 0 aliphatic carbocycles. The van der Waals surface area contributed by atoms with Crippen molar-refractivity contribution in [3.63, 3.8) is 0 Å². The van der Waals surface area contributed by atoms with Gasteiger partial charge in [0.05, 0.1) is 4.90 Å². The van der Waals surface area contributed by atoms with E-state index in [1.54, 1.807) is 13.0 Å². The molecule has 0 radical (unpaired) electrons. The number of hydrogen-bond acceptors (Lipinski definition) is 4. The van der Waals surface area contributed by atoms with E-state index in [1.807, 2.05) is 0 Å². The zero-order valence-corrected chi connectivity index (χ0v) is 11.5. The zero-order valence-electron chi connectivity index (χ0n) is 10.7. The minimum atomic E-state index is -3.60. The van der Waals surface area contributed by atoms with Crippen LogP contribution >= 0.6 is 0 Å². The zero-order chi connectivity index (χ0) is 14.2. The van der Waals surface area contributed by atoms with E-state index in [1.165, 1.54) is 16.4 Å². The predicted molar refractivity (Wildman–Crippen MR) is 71.0 cm³/mol. The molecule has 0 spiro atoms. The number of hydrogen-bond donors (Lipinski definition) is 2. The summed E-state index contributed by atoms with van der Waals surface area (Å²) in [5.74, 6) is -0.632. The summed E-state index contributed by atoms with van der Waals surface area (Å²) in [6.45, 7) is 2.42. The molecule has 0 saturated carbocycles. The average Bonchev–Trinajstić information content (AvgIpc) is 2.76. The Balaban J connectivity index is 2.41. The van der Waals surface area contributed by atoms with Gasteiger partial charge in [0.1, 0.15) is 0 Å². The van der Waals surface area contributed by atoms with E-state index in [-0.39, 0.29) is 16.5 Å². The maximum Gasteiger partial charge on any atom is 0.249 e. The Morgan fingerprint density at radius 1 is 1.42 bits per heavy atom. The van der Waals surface area contributed by atoms with E-state index in [9.17, 15) is 13.2 Å². The van der Waals surface area contributed by atoms with Gasteiger partial charge in [-0.3, -0.25) is 4.79 Å². The summed E-state index contributed by atoms with van der Waals surface area (Å²) in [7, 11) is -3.60. The van der Waals surface area contributed by atoms with Crippen molar-refractivity contribution in [3.8, 4) is 0 Å². The Morgan fingerprint density at radius 2 is 2.11 bits per heavy atom. The van der Waals surface area contributed by atoms with Gasteiger partial charge in [-0.2, -0.15) is 4.31 Å². The second-order valence-corrected chi connectivity index (χ2v) is 6.69. The minimum Gasteiger partial charge on any atom is -0.366 e. The Bertz CT molecular complexity index is 613. The smallest absolute Gasteiger partial charge is 0.249 e. The van der Waals surface area contributed by atoms with Gasteiger partial charge in [-0.15, -0.1) is 0 Å². The number of benzene rings is 1. The van der Waals surface area contributed by atoms with Crippen LogP contribution < -0.4 is 11.5 Å². The molecule has 0 aromatic heterocycles. The lowest BCUT2D eigenvalue weighted by Gasteiger charge is -2.16. The normalized spacial score (nSPS) is 20.6. The van der Waals surface area contributed by atoms with Gasteiger partial charge in [0.25, 0.3) is 0 Å². The topological polar surface area (TPSA) is 106 Å². The highest BCUT2D eigenvalue weighted by molar-refractivity contribution is 7.89. The molecule has 1 aliphatic heterocycles. The highest BCUT2D eigenvalue weighted by Gasteiger charge is 2.31. The predicted octanol–water partition coefficient (Wildman–Crippen LogP) is -0.184. The van der Waals surface area contributed by atoms with Gasteiger partial charge < -0.3 is 11.5 Å². The van der Waals surface area contributed by atoms with Crippen molar-refractivity contribution in [2.24, 2.45) is 11.5 Å². The number of nitrogens with zero attached hydrogens (tertiary/aromatic N) is 1. The van der Waals surface area contributed by atoms with E-state index >= 15 is 0 Å². The first-order chi connectivity index (χ1) is 8.82. The number of aryl methyl sites for hydroxylation is 1. The fourth-order valence-corrected chi connectivity index (χ4v) is 3.69. The molecule has 1 fully saturated rings. The Labute approximate surface area is 112 Å². The Morgan fingerprint density at radius 3 is 2.63 bits per heavy atom. The summed E-state index contributed by atoms with van der Waals surface area (Å²) in [5.41, 5.74) is 11.8. The number of primary amides is 1. The molecule has 104 valence electrons. The standard InChI is InChI=1S/C12H17N3O3S/c1-8-2-3-10(6-11(8)12(14)16)19(17,18)15-5-4-9(13)7-15/h2-3,6,9H,4-5,7,13H2,1H3,(H2,14,16). The minimum absolute atomic E-state index is 0.0843. The maximum atomic E-state index is 12.4. The van der Waals surface area contributed by atoms with Crippen LogP contribution in [0, 0.1) is 6.92 Å². The fourth-order valence-electron chi connectivity index (χ4n) is 2.15. The van der Waals surface area contributed by atoms with E-state index in [2.05, 4.69) is 0 Å². The van der Waals surface area contributed by atoms with E-state index in [4.69, 9.17) is 11.5 Å². The van der Waals surface area contributed by atoms with Crippen LogP contribution in [0.15, 0.2) is 23.1 Å². The van der Waals surface area contributed by atoms with Crippen LogP contribution in [0.5, 0.6) is 0 Å². The molecule has 2 rings (SSSR count). The third-order valence-corrected chi connectivity index (χ3v) is 5.16. The van der Waals surface area contributed by atoms with Crippen molar-refractivity contribution in [3.05, 3.63) is 29.3 Å². The van der Waals surface area contributed by atoms with Crippen LogP contribution in [0.2, 0.25) is 0 Å². The molecule has 1 aliphatic rings. The number of sulfonamides is 1. The summed E-state index contributed by atoms with van der Waals surface area (Å²) in [4.78, 5) is 11.4. The number of amides is 1. The van der Waals surface area contributed by atoms with Crippen molar-refractivity contribution in [2.45, 2.75) is 24.3 Å². The maximum absolute atomic E-state index is 12.4. The van der Waals surface area contributed by atoms with Crippen LogP contribution in [-0.4, -0.2) is 37.8 Å². The summed E-state index contributed by atoms with van der Waals surface area (Å²) in [5, 5.41) is 0. The lowest BCUT2D eigenvalue weighted by atomic mass is 10.1. The lowest BCUT2D eigenvalue weighted by Crippen LogP contribution is -2.32. The van der Waals surface area contributed by atoms with Gasteiger partial charge >= 0.3 is 0 Å². The SMILES string of the molecule is Cc1ccc(S(=O)(=O)N2CCC(N)C2)cc1C(N)=O. The molecule has 6 nitrogen and oxygen atoms in total. The first kappa shape index (κ1) is 14.0. The van der Waals surface area contributed by atoms with Gasteiger partial charge in [0.15, 0.2) is 0 Å². The largest absolute Gasteiger partial charge is 0.366 e. The summed E-state index contributed by atoms with van der Waals surface area (Å²) < 4.78 is 26.1. The molecular formula is C12H17N3O3S. The van der Waals surface area contributed by atoms with Crippen LogP contribution in [-0.2, 0) is 10.0 Å². The molecule has 1 saturated heterocycles. The van der Waals surface area contributed by atoms with Crippen molar-refractivity contribution in [1.29, 1.82) is 0 Å².